The number of hydrogen-bond donors (Lipinski definition) is 2. The Hall–Kier alpha value is -2.95. The van der Waals surface area contributed by atoms with Crippen LogP contribution in [-0.4, -0.2) is 15.0 Å². The largest absolute Gasteiger partial charge is 0.366 e. The highest BCUT2D eigenvalue weighted by Gasteiger charge is 2.07. The van der Waals surface area contributed by atoms with Gasteiger partial charge in [0, 0.05) is 36.4 Å². The SMILES string of the molecule is Cc1cc(NCc2cccnc2)nc(Nc2c(C)cccc2C)n1. The molecule has 0 fully saturated rings. The molecule has 2 heterocycles. The molecule has 24 heavy (non-hydrogen) atoms. The molecule has 0 saturated heterocycles. The molecular formula is C19H21N5. The van der Waals surface area contributed by atoms with Gasteiger partial charge in [-0.15, -0.1) is 0 Å². The Kier molecular flexibility index (Phi) is 4.70. The van der Waals surface area contributed by atoms with Crippen molar-refractivity contribution in [2.75, 3.05) is 10.6 Å². The quantitative estimate of drug-likeness (QED) is 0.739. The molecule has 0 unspecified atom stereocenters. The third-order valence-corrected chi connectivity index (χ3v) is 3.77. The maximum absolute atomic E-state index is 4.57. The second kappa shape index (κ2) is 7.08. The number of nitrogens with zero attached hydrogens (tertiary/aromatic N) is 3. The van der Waals surface area contributed by atoms with Crippen molar-refractivity contribution in [3.63, 3.8) is 0 Å². The van der Waals surface area contributed by atoms with Crippen molar-refractivity contribution < 1.29 is 0 Å². The molecule has 0 aliphatic carbocycles. The molecule has 1 aromatic carbocycles. The number of aromatic nitrogens is 3. The standard InChI is InChI=1S/C19H21N5/c1-13-6-4-7-14(2)18(13)24-19-22-15(3)10-17(23-19)21-12-16-8-5-9-20-11-16/h4-11H,12H2,1-3H3,(H2,21,22,23,24). The molecule has 0 saturated carbocycles. The minimum Gasteiger partial charge on any atom is -0.366 e. The van der Waals surface area contributed by atoms with Gasteiger partial charge in [-0.2, -0.15) is 4.98 Å². The fraction of sp³-hybridized carbons (Fsp3) is 0.211. The minimum absolute atomic E-state index is 0.598. The van der Waals surface area contributed by atoms with Crippen LogP contribution in [0.5, 0.6) is 0 Å². The van der Waals surface area contributed by atoms with E-state index in [2.05, 4.69) is 51.6 Å². The molecule has 0 atom stereocenters. The third kappa shape index (κ3) is 3.87. The molecule has 2 N–H and O–H groups in total. The highest BCUT2D eigenvalue weighted by molar-refractivity contribution is 5.63. The van der Waals surface area contributed by atoms with Gasteiger partial charge in [0.25, 0.3) is 0 Å². The monoisotopic (exact) mass is 319 g/mol. The Morgan fingerprint density at radius 3 is 2.46 bits per heavy atom. The van der Waals surface area contributed by atoms with Crippen LogP contribution < -0.4 is 10.6 Å². The van der Waals surface area contributed by atoms with Crippen molar-refractivity contribution in [1.82, 2.24) is 15.0 Å². The highest BCUT2D eigenvalue weighted by atomic mass is 15.1. The minimum atomic E-state index is 0.598. The molecule has 0 spiro atoms. The van der Waals surface area contributed by atoms with Crippen LogP contribution in [0.2, 0.25) is 0 Å². The number of anilines is 3. The highest BCUT2D eigenvalue weighted by Crippen LogP contribution is 2.23. The lowest BCUT2D eigenvalue weighted by Gasteiger charge is -2.13. The van der Waals surface area contributed by atoms with Gasteiger partial charge in [0.2, 0.25) is 5.95 Å². The van der Waals surface area contributed by atoms with Crippen LogP contribution in [0.25, 0.3) is 0 Å². The number of nitrogens with one attached hydrogen (secondary N) is 2. The van der Waals surface area contributed by atoms with E-state index in [1.807, 2.05) is 37.4 Å². The van der Waals surface area contributed by atoms with Gasteiger partial charge < -0.3 is 10.6 Å². The van der Waals surface area contributed by atoms with E-state index in [1.165, 1.54) is 11.1 Å². The summed E-state index contributed by atoms with van der Waals surface area (Å²) in [6, 6.07) is 12.1. The van der Waals surface area contributed by atoms with Gasteiger partial charge in [-0.05, 0) is 43.5 Å². The third-order valence-electron chi connectivity index (χ3n) is 3.77. The van der Waals surface area contributed by atoms with Gasteiger partial charge in [0.15, 0.2) is 0 Å². The lowest BCUT2D eigenvalue weighted by atomic mass is 10.1. The summed E-state index contributed by atoms with van der Waals surface area (Å²) in [4.78, 5) is 13.2. The van der Waals surface area contributed by atoms with E-state index in [-0.39, 0.29) is 0 Å². The molecule has 3 aromatic rings. The van der Waals surface area contributed by atoms with Gasteiger partial charge in [0.1, 0.15) is 5.82 Å². The maximum atomic E-state index is 4.57. The molecular weight excluding hydrogens is 298 g/mol. The number of aryl methyl sites for hydroxylation is 3. The van der Waals surface area contributed by atoms with Crippen molar-refractivity contribution >= 4 is 17.5 Å². The first-order valence-electron chi connectivity index (χ1n) is 7.93. The van der Waals surface area contributed by atoms with Gasteiger partial charge in [-0.1, -0.05) is 24.3 Å². The Labute approximate surface area is 142 Å². The predicted octanol–water partition coefficient (Wildman–Crippen LogP) is 4.15. The summed E-state index contributed by atoms with van der Waals surface area (Å²) in [5.74, 6) is 1.39. The lowest BCUT2D eigenvalue weighted by Crippen LogP contribution is -2.06. The molecule has 122 valence electrons. The Bertz CT molecular complexity index is 810. The van der Waals surface area contributed by atoms with Crippen LogP contribution in [-0.2, 0) is 6.54 Å². The Morgan fingerprint density at radius 1 is 0.958 bits per heavy atom. The maximum Gasteiger partial charge on any atom is 0.229 e. The number of hydrogen-bond acceptors (Lipinski definition) is 5. The summed E-state index contributed by atoms with van der Waals surface area (Å²) in [6.45, 7) is 6.79. The van der Waals surface area contributed by atoms with Crippen molar-refractivity contribution in [1.29, 1.82) is 0 Å². The van der Waals surface area contributed by atoms with Crippen LogP contribution in [0.4, 0.5) is 17.5 Å². The van der Waals surface area contributed by atoms with E-state index in [9.17, 15) is 0 Å². The number of benzene rings is 1. The zero-order valence-corrected chi connectivity index (χ0v) is 14.2. The summed E-state index contributed by atoms with van der Waals surface area (Å²) < 4.78 is 0. The van der Waals surface area contributed by atoms with E-state index < -0.39 is 0 Å². The molecule has 0 amide bonds. The molecule has 2 aromatic heterocycles. The van der Waals surface area contributed by atoms with Gasteiger partial charge in [0.05, 0.1) is 0 Å². The number of rotatable bonds is 5. The normalized spacial score (nSPS) is 10.5. The van der Waals surface area contributed by atoms with Gasteiger partial charge >= 0.3 is 0 Å². The Morgan fingerprint density at radius 2 is 1.75 bits per heavy atom. The van der Waals surface area contributed by atoms with E-state index in [4.69, 9.17) is 0 Å². The first kappa shape index (κ1) is 15.9. The first-order chi connectivity index (χ1) is 11.6. The smallest absolute Gasteiger partial charge is 0.229 e. The second-order valence-electron chi connectivity index (χ2n) is 5.82. The summed E-state index contributed by atoms with van der Waals surface area (Å²) in [6.07, 6.45) is 3.61. The van der Waals surface area contributed by atoms with Crippen LogP contribution in [0, 0.1) is 20.8 Å². The van der Waals surface area contributed by atoms with E-state index in [1.54, 1.807) is 6.20 Å². The Balaban J connectivity index is 1.79. The number of pyridine rings is 1. The topological polar surface area (TPSA) is 62.7 Å². The lowest BCUT2D eigenvalue weighted by molar-refractivity contribution is 1.05. The fourth-order valence-electron chi connectivity index (χ4n) is 2.53. The average molecular weight is 319 g/mol. The van der Waals surface area contributed by atoms with Crippen LogP contribution >= 0.6 is 0 Å². The summed E-state index contributed by atoms with van der Waals surface area (Å²) >= 11 is 0. The summed E-state index contributed by atoms with van der Waals surface area (Å²) in [5, 5.41) is 6.67. The molecule has 0 radical (unpaired) electrons. The fourth-order valence-corrected chi connectivity index (χ4v) is 2.53. The van der Waals surface area contributed by atoms with Crippen molar-refractivity contribution in [3.05, 3.63) is 71.2 Å². The summed E-state index contributed by atoms with van der Waals surface area (Å²) in [7, 11) is 0. The van der Waals surface area contributed by atoms with Gasteiger partial charge in [-0.3, -0.25) is 4.98 Å². The molecule has 0 aliphatic rings. The zero-order valence-electron chi connectivity index (χ0n) is 14.2. The van der Waals surface area contributed by atoms with Crippen LogP contribution in [0.1, 0.15) is 22.4 Å². The van der Waals surface area contributed by atoms with Crippen molar-refractivity contribution in [2.24, 2.45) is 0 Å². The van der Waals surface area contributed by atoms with E-state index in [0.29, 0.717) is 12.5 Å². The second-order valence-corrected chi connectivity index (χ2v) is 5.82. The van der Waals surface area contributed by atoms with E-state index in [0.717, 1.165) is 22.8 Å². The van der Waals surface area contributed by atoms with Crippen molar-refractivity contribution in [2.45, 2.75) is 27.3 Å². The van der Waals surface area contributed by atoms with Crippen molar-refractivity contribution in [3.8, 4) is 0 Å². The summed E-state index contributed by atoms with van der Waals surface area (Å²) in [5.41, 5.74) is 5.42. The van der Waals surface area contributed by atoms with Crippen LogP contribution in [0.15, 0.2) is 48.8 Å². The molecule has 3 rings (SSSR count). The van der Waals surface area contributed by atoms with Gasteiger partial charge in [-0.25, -0.2) is 4.98 Å². The van der Waals surface area contributed by atoms with Crippen LogP contribution in [0.3, 0.4) is 0 Å². The molecule has 5 nitrogen and oxygen atoms in total. The van der Waals surface area contributed by atoms with E-state index >= 15 is 0 Å². The zero-order chi connectivity index (χ0) is 16.9. The average Bonchev–Trinajstić information content (AvgIpc) is 2.57. The predicted molar refractivity (Wildman–Crippen MR) is 97.5 cm³/mol. The molecule has 0 aliphatic heterocycles. The first-order valence-corrected chi connectivity index (χ1v) is 7.93. The molecule has 0 bridgehead atoms. The molecule has 5 heteroatoms. The number of para-hydroxylation sites is 1.